The Balaban J connectivity index is 1.94. The minimum Gasteiger partial charge on any atom is -0.480 e. The monoisotopic (exact) mass is 661 g/mol. The van der Waals surface area contributed by atoms with Crippen LogP contribution in [0.4, 0.5) is 0 Å². The van der Waals surface area contributed by atoms with E-state index in [-0.39, 0.29) is 71.4 Å². The quantitative estimate of drug-likeness (QED) is 0.0307. The number of hydrogen-bond acceptors (Lipinski definition) is 14. The van der Waals surface area contributed by atoms with E-state index in [1.54, 1.807) is 27.1 Å². The topological polar surface area (TPSA) is 241 Å². The van der Waals surface area contributed by atoms with Gasteiger partial charge in [0.15, 0.2) is 0 Å². The van der Waals surface area contributed by atoms with Gasteiger partial charge in [-0.15, -0.1) is 0 Å². The normalized spacial score (nSPS) is 17.3. The summed E-state index contributed by atoms with van der Waals surface area (Å²) in [6.07, 6.45) is 4.93. The van der Waals surface area contributed by atoms with E-state index < -0.39 is 23.9 Å². The molecule has 1 atom stereocenters. The molecule has 2 rings (SSSR count). The minimum absolute atomic E-state index is 0.0415. The van der Waals surface area contributed by atoms with Gasteiger partial charge in [-0.3, -0.25) is 49.6 Å². The lowest BCUT2D eigenvalue weighted by molar-refractivity contribution is -0.140. The molecule has 47 heavy (non-hydrogen) atoms. The molecule has 0 radical (unpaired) electrons. The van der Waals surface area contributed by atoms with Crippen LogP contribution < -0.4 is 22.0 Å². The summed E-state index contributed by atoms with van der Waals surface area (Å²) in [5.74, 6) is 1.94. The SMILES string of the molecule is Cc1ccc(/C=N/NCN/N=C/CC(/C=N\N)NC(=O)CN2CCN(CC(=O)O)CCN(CC(=O)O)CCN(CC(=O)O)CC2)cc1. The lowest BCUT2D eigenvalue weighted by atomic mass is 10.2. The highest BCUT2D eigenvalue weighted by Gasteiger charge is 2.21. The maximum atomic E-state index is 13.1. The highest BCUT2D eigenvalue weighted by molar-refractivity contribution is 5.83. The van der Waals surface area contributed by atoms with Crippen molar-refractivity contribution in [2.75, 3.05) is 85.2 Å². The average Bonchev–Trinajstić information content (AvgIpc) is 3.00. The van der Waals surface area contributed by atoms with Crippen LogP contribution in [-0.2, 0) is 19.2 Å². The molecule has 1 amide bonds. The highest BCUT2D eigenvalue weighted by Crippen LogP contribution is 2.02. The molecule has 1 heterocycles. The Morgan fingerprint density at radius 2 is 1.21 bits per heavy atom. The second kappa shape index (κ2) is 22.0. The van der Waals surface area contributed by atoms with E-state index in [9.17, 15) is 34.5 Å². The summed E-state index contributed by atoms with van der Waals surface area (Å²) >= 11 is 0. The van der Waals surface area contributed by atoms with Crippen molar-refractivity contribution >= 4 is 42.5 Å². The number of rotatable bonds is 17. The van der Waals surface area contributed by atoms with E-state index >= 15 is 0 Å². The number of carboxylic acids is 3. The fraction of sp³-hybridized carbons (Fsp3) is 0.552. The molecule has 18 nitrogen and oxygen atoms in total. The lowest BCUT2D eigenvalue weighted by Gasteiger charge is -2.33. The molecule has 1 aromatic carbocycles. The van der Waals surface area contributed by atoms with Gasteiger partial charge in [0, 0.05) is 71.2 Å². The van der Waals surface area contributed by atoms with Crippen molar-refractivity contribution in [1.29, 1.82) is 0 Å². The van der Waals surface area contributed by atoms with Crippen LogP contribution in [0, 0.1) is 6.92 Å². The second-order valence-electron chi connectivity index (χ2n) is 11.0. The van der Waals surface area contributed by atoms with E-state index in [4.69, 9.17) is 5.84 Å². The summed E-state index contributed by atoms with van der Waals surface area (Å²) < 4.78 is 0. The van der Waals surface area contributed by atoms with Gasteiger partial charge in [-0.25, -0.2) is 0 Å². The lowest BCUT2D eigenvalue weighted by Crippen LogP contribution is -2.50. The second-order valence-corrected chi connectivity index (χ2v) is 11.0. The van der Waals surface area contributed by atoms with Gasteiger partial charge in [0.25, 0.3) is 0 Å². The van der Waals surface area contributed by atoms with Crippen LogP contribution in [-0.4, -0.2) is 169 Å². The molecule has 1 aliphatic heterocycles. The Morgan fingerprint density at radius 3 is 1.66 bits per heavy atom. The summed E-state index contributed by atoms with van der Waals surface area (Å²) in [7, 11) is 0. The van der Waals surface area contributed by atoms with Gasteiger partial charge in [0.05, 0.1) is 38.4 Å². The molecule has 18 heteroatoms. The Morgan fingerprint density at radius 1 is 0.766 bits per heavy atom. The molecule has 0 spiro atoms. The van der Waals surface area contributed by atoms with Crippen molar-refractivity contribution in [2.45, 2.75) is 19.4 Å². The number of carboxylic acid groups (broad SMARTS) is 3. The van der Waals surface area contributed by atoms with Crippen LogP contribution in [0.5, 0.6) is 0 Å². The van der Waals surface area contributed by atoms with Crippen LogP contribution >= 0.6 is 0 Å². The highest BCUT2D eigenvalue weighted by atomic mass is 16.4. The number of nitrogens with zero attached hydrogens (tertiary/aromatic N) is 7. The van der Waals surface area contributed by atoms with Gasteiger partial charge in [0.2, 0.25) is 5.91 Å². The first-order valence-corrected chi connectivity index (χ1v) is 15.2. The molecule has 0 bridgehead atoms. The van der Waals surface area contributed by atoms with Crippen LogP contribution in [0.2, 0.25) is 0 Å². The molecule has 8 N–H and O–H groups in total. The molecule has 1 saturated heterocycles. The van der Waals surface area contributed by atoms with Crippen molar-refractivity contribution < 1.29 is 34.5 Å². The predicted octanol–water partition coefficient (Wildman–Crippen LogP) is -2.25. The number of amides is 1. The number of aliphatic carboxylic acids is 3. The molecule has 1 fully saturated rings. The molecular formula is C29H47N11O7. The number of nitrogens with two attached hydrogens (primary N) is 1. The summed E-state index contributed by atoms with van der Waals surface area (Å²) in [6, 6.07) is 7.36. The summed E-state index contributed by atoms with van der Waals surface area (Å²) in [5, 5.41) is 42.7. The molecular weight excluding hydrogens is 614 g/mol. The summed E-state index contributed by atoms with van der Waals surface area (Å²) in [5.41, 5.74) is 7.75. The minimum atomic E-state index is -1.03. The van der Waals surface area contributed by atoms with E-state index in [2.05, 4.69) is 31.5 Å². The van der Waals surface area contributed by atoms with Crippen LogP contribution in [0.3, 0.4) is 0 Å². The van der Waals surface area contributed by atoms with Crippen LogP contribution in [0.25, 0.3) is 0 Å². The fourth-order valence-corrected chi connectivity index (χ4v) is 4.63. The first-order valence-electron chi connectivity index (χ1n) is 15.2. The molecule has 1 aromatic rings. The molecule has 0 saturated carbocycles. The number of carbonyl (C=O) groups excluding carboxylic acids is 1. The zero-order valence-corrected chi connectivity index (χ0v) is 26.7. The number of nitrogens with one attached hydrogen (secondary N) is 3. The molecule has 260 valence electrons. The molecule has 0 aromatic heterocycles. The average molecular weight is 662 g/mol. The number of hydrogen-bond donors (Lipinski definition) is 7. The van der Waals surface area contributed by atoms with Crippen molar-refractivity contribution in [3.8, 4) is 0 Å². The molecule has 1 unspecified atom stereocenters. The third-order valence-corrected chi connectivity index (χ3v) is 7.07. The van der Waals surface area contributed by atoms with Crippen LogP contribution in [0.15, 0.2) is 39.6 Å². The Bertz CT molecular complexity index is 1180. The smallest absolute Gasteiger partial charge is 0.317 e. The van der Waals surface area contributed by atoms with Gasteiger partial charge >= 0.3 is 17.9 Å². The van der Waals surface area contributed by atoms with E-state index in [0.717, 1.165) is 11.1 Å². The van der Waals surface area contributed by atoms with E-state index in [1.807, 2.05) is 36.1 Å². The Kier molecular flexibility index (Phi) is 18.0. The first-order chi connectivity index (χ1) is 22.5. The summed E-state index contributed by atoms with van der Waals surface area (Å²) in [4.78, 5) is 54.3. The van der Waals surface area contributed by atoms with E-state index in [1.165, 1.54) is 6.21 Å². The van der Waals surface area contributed by atoms with Gasteiger partial charge in [0.1, 0.15) is 6.67 Å². The van der Waals surface area contributed by atoms with Gasteiger partial charge in [-0.05, 0) is 12.5 Å². The van der Waals surface area contributed by atoms with Crippen molar-refractivity contribution in [2.24, 2.45) is 21.1 Å². The Labute approximate surface area is 273 Å². The van der Waals surface area contributed by atoms with Crippen molar-refractivity contribution in [3.05, 3.63) is 35.4 Å². The largest absolute Gasteiger partial charge is 0.480 e. The van der Waals surface area contributed by atoms with Crippen LogP contribution in [0.1, 0.15) is 17.5 Å². The molecule has 0 aliphatic carbocycles. The number of aryl methyl sites for hydroxylation is 1. The van der Waals surface area contributed by atoms with Gasteiger partial charge < -0.3 is 26.5 Å². The number of benzene rings is 1. The van der Waals surface area contributed by atoms with Gasteiger partial charge in [-0.2, -0.15) is 15.3 Å². The zero-order chi connectivity index (χ0) is 34.4. The van der Waals surface area contributed by atoms with Crippen molar-refractivity contribution in [3.63, 3.8) is 0 Å². The standard InChI is InChI=1S/C29H47N11O7/c1-23-2-4-24(5-3-23)16-33-35-22-34-32-7-6-25(17-31-30)36-26(41)18-37-8-10-38(19-27(42)43)12-14-40(21-29(46)47)15-13-39(11-9-37)20-28(44)45/h2-5,7,16-17,25,34-35H,6,8-15,18-22,30H2,1H3,(H,36,41)(H,42,43)(H,44,45)(H,46,47)/b31-17-,32-7+,33-16+. The summed E-state index contributed by atoms with van der Waals surface area (Å²) in [6.45, 7) is 3.88. The maximum Gasteiger partial charge on any atom is 0.317 e. The Hall–Kier alpha value is -4.65. The number of hydrazone groups is 3. The first kappa shape index (κ1) is 38.5. The zero-order valence-electron chi connectivity index (χ0n) is 26.7. The number of carbonyl (C=O) groups is 4. The third kappa shape index (κ3) is 18.2. The molecule has 1 aliphatic rings. The third-order valence-electron chi connectivity index (χ3n) is 7.07. The van der Waals surface area contributed by atoms with Crippen molar-refractivity contribution in [1.82, 2.24) is 35.8 Å². The maximum absolute atomic E-state index is 13.1. The van der Waals surface area contributed by atoms with E-state index in [0.29, 0.717) is 26.2 Å². The predicted molar refractivity (Wildman–Crippen MR) is 176 cm³/mol. The van der Waals surface area contributed by atoms with Gasteiger partial charge in [-0.1, -0.05) is 29.8 Å². The fourth-order valence-electron chi connectivity index (χ4n) is 4.63.